The number of halogens is 1. The molecule has 0 radical (unpaired) electrons. The topological polar surface area (TPSA) is 88.4 Å². The lowest BCUT2D eigenvalue weighted by Crippen LogP contribution is -2.40. The van der Waals surface area contributed by atoms with Gasteiger partial charge in [-0.15, -0.1) is 0 Å². The van der Waals surface area contributed by atoms with Crippen molar-refractivity contribution in [3.8, 4) is 17.2 Å². The molecule has 8 nitrogen and oxygen atoms in total. The quantitative estimate of drug-likeness (QED) is 0.402. The van der Waals surface area contributed by atoms with Crippen molar-refractivity contribution < 1.29 is 23.7 Å². The molecule has 1 aromatic heterocycles. The molecular weight excluding hydrogens is 516 g/mol. The molecule has 0 saturated carbocycles. The first-order valence-electron chi connectivity index (χ1n) is 11.7. The van der Waals surface area contributed by atoms with Crippen LogP contribution in [0.2, 0.25) is 5.02 Å². The van der Waals surface area contributed by atoms with Crippen molar-refractivity contribution in [2.75, 3.05) is 27.4 Å². The molecule has 0 aliphatic carbocycles. The molecular formula is C27H27ClN2O6S. The predicted octanol–water partition coefficient (Wildman–Crippen LogP) is 3.87. The highest BCUT2D eigenvalue weighted by molar-refractivity contribution is 7.07. The summed E-state index contributed by atoms with van der Waals surface area (Å²) in [6.45, 7) is 6.01. The third kappa shape index (κ3) is 5.14. The maximum absolute atomic E-state index is 13.8. The van der Waals surface area contributed by atoms with E-state index in [1.54, 1.807) is 57.4 Å². The molecule has 0 amide bonds. The van der Waals surface area contributed by atoms with E-state index in [0.29, 0.717) is 49.5 Å². The summed E-state index contributed by atoms with van der Waals surface area (Å²) in [5.41, 5.74) is 1.73. The molecule has 0 unspecified atom stereocenters. The Hall–Kier alpha value is -3.56. The van der Waals surface area contributed by atoms with Gasteiger partial charge in [0.25, 0.3) is 5.56 Å². The first kappa shape index (κ1) is 26.5. The van der Waals surface area contributed by atoms with E-state index in [4.69, 9.17) is 30.5 Å². The Morgan fingerprint density at radius 2 is 1.86 bits per heavy atom. The Bertz CT molecular complexity index is 1560. The summed E-state index contributed by atoms with van der Waals surface area (Å²) in [6.07, 6.45) is 1.74. The number of benzene rings is 2. The zero-order chi connectivity index (χ0) is 26.7. The number of hydrogen-bond donors (Lipinski definition) is 0. The molecule has 2 aromatic carbocycles. The summed E-state index contributed by atoms with van der Waals surface area (Å²) in [4.78, 5) is 32.0. The van der Waals surface area contributed by atoms with Gasteiger partial charge in [0.05, 0.1) is 48.3 Å². The van der Waals surface area contributed by atoms with Gasteiger partial charge in [0.2, 0.25) is 0 Å². The third-order valence-corrected chi connectivity index (χ3v) is 7.08. The van der Waals surface area contributed by atoms with Crippen molar-refractivity contribution in [1.29, 1.82) is 0 Å². The second-order valence-corrected chi connectivity index (χ2v) is 9.45. The van der Waals surface area contributed by atoms with Crippen LogP contribution in [-0.2, 0) is 9.53 Å². The number of aromatic nitrogens is 1. The van der Waals surface area contributed by atoms with Crippen LogP contribution >= 0.6 is 22.9 Å². The summed E-state index contributed by atoms with van der Waals surface area (Å²) in [5, 5.41) is 0.447. The smallest absolute Gasteiger partial charge is 0.338 e. The van der Waals surface area contributed by atoms with Gasteiger partial charge in [0.15, 0.2) is 4.80 Å². The lowest BCUT2D eigenvalue weighted by atomic mass is 9.94. The van der Waals surface area contributed by atoms with Crippen molar-refractivity contribution in [3.63, 3.8) is 0 Å². The number of esters is 1. The number of hydrogen-bond acceptors (Lipinski definition) is 8. The first-order chi connectivity index (χ1) is 17.8. The summed E-state index contributed by atoms with van der Waals surface area (Å²) in [6, 6.07) is 9.75. The number of fused-ring (bicyclic) bond motifs is 1. The standard InChI is InChI=1S/C27H27ClN2O6S/c1-6-35-21-10-8-16(12-19(21)28)13-22-25(31)30-24(18-14-17(33-4)9-11-20(18)34-5)23(26(32)36-7-2)15(3)29-27(30)37-22/h8-14,24H,6-7H2,1-5H3/t24-/m1/s1. The minimum atomic E-state index is -0.827. The van der Waals surface area contributed by atoms with E-state index in [1.165, 1.54) is 23.0 Å². The summed E-state index contributed by atoms with van der Waals surface area (Å²) in [7, 11) is 3.08. The molecule has 1 atom stereocenters. The zero-order valence-electron chi connectivity index (χ0n) is 21.2. The van der Waals surface area contributed by atoms with Crippen LogP contribution in [-0.4, -0.2) is 38.0 Å². The Balaban J connectivity index is 1.96. The fourth-order valence-electron chi connectivity index (χ4n) is 4.17. The summed E-state index contributed by atoms with van der Waals surface area (Å²) < 4.78 is 23.8. The molecule has 0 saturated heterocycles. The van der Waals surface area contributed by atoms with Gasteiger partial charge in [-0.2, -0.15) is 0 Å². The van der Waals surface area contributed by atoms with E-state index < -0.39 is 12.0 Å². The van der Waals surface area contributed by atoms with Crippen LogP contribution in [0, 0.1) is 0 Å². The van der Waals surface area contributed by atoms with Crippen LogP contribution in [0.4, 0.5) is 0 Å². The van der Waals surface area contributed by atoms with Crippen LogP contribution in [0.5, 0.6) is 17.2 Å². The molecule has 10 heteroatoms. The Kier molecular flexibility index (Phi) is 8.04. The second-order valence-electron chi connectivity index (χ2n) is 8.03. The lowest BCUT2D eigenvalue weighted by molar-refractivity contribution is -0.139. The average Bonchev–Trinajstić information content (AvgIpc) is 3.18. The van der Waals surface area contributed by atoms with E-state index in [1.807, 2.05) is 13.0 Å². The molecule has 0 bridgehead atoms. The van der Waals surface area contributed by atoms with Crippen molar-refractivity contribution in [1.82, 2.24) is 4.57 Å². The van der Waals surface area contributed by atoms with E-state index in [9.17, 15) is 9.59 Å². The van der Waals surface area contributed by atoms with Crippen molar-refractivity contribution in [3.05, 3.63) is 83.5 Å². The third-order valence-electron chi connectivity index (χ3n) is 5.80. The van der Waals surface area contributed by atoms with E-state index in [2.05, 4.69) is 4.99 Å². The Morgan fingerprint density at radius 3 is 2.51 bits per heavy atom. The number of allylic oxidation sites excluding steroid dienone is 1. The van der Waals surface area contributed by atoms with Crippen molar-refractivity contribution in [2.45, 2.75) is 26.8 Å². The SMILES string of the molecule is CCOC(=O)C1=C(C)N=c2sc(=Cc3ccc(OCC)c(Cl)c3)c(=O)n2[C@@H]1c1cc(OC)ccc1OC. The maximum Gasteiger partial charge on any atom is 0.338 e. The normalized spacial score (nSPS) is 15.2. The Morgan fingerprint density at radius 1 is 1.11 bits per heavy atom. The second kappa shape index (κ2) is 11.2. The highest BCUT2D eigenvalue weighted by atomic mass is 35.5. The fourth-order valence-corrected chi connectivity index (χ4v) is 5.46. The van der Waals surface area contributed by atoms with Gasteiger partial charge in [-0.1, -0.05) is 29.0 Å². The van der Waals surface area contributed by atoms with E-state index in [-0.39, 0.29) is 17.7 Å². The molecule has 0 N–H and O–H groups in total. The van der Waals surface area contributed by atoms with Gasteiger partial charge in [0.1, 0.15) is 23.3 Å². The van der Waals surface area contributed by atoms with Crippen molar-refractivity contribution >= 4 is 35.0 Å². The van der Waals surface area contributed by atoms with Crippen LogP contribution in [0.3, 0.4) is 0 Å². The highest BCUT2D eigenvalue weighted by Gasteiger charge is 2.35. The number of thiazole rings is 1. The molecule has 37 heavy (non-hydrogen) atoms. The number of methoxy groups -OCH3 is 2. The van der Waals surface area contributed by atoms with Crippen LogP contribution in [0.15, 0.2) is 57.5 Å². The van der Waals surface area contributed by atoms with Gasteiger partial charge in [-0.05, 0) is 62.7 Å². The molecule has 1 aliphatic heterocycles. The number of rotatable bonds is 8. The van der Waals surface area contributed by atoms with Gasteiger partial charge < -0.3 is 18.9 Å². The van der Waals surface area contributed by atoms with Crippen LogP contribution in [0.1, 0.15) is 37.9 Å². The summed E-state index contributed by atoms with van der Waals surface area (Å²) >= 11 is 7.58. The van der Waals surface area contributed by atoms with Crippen LogP contribution in [0.25, 0.3) is 6.08 Å². The predicted molar refractivity (Wildman–Crippen MR) is 143 cm³/mol. The fraction of sp³-hybridized carbons (Fsp3) is 0.296. The number of ether oxygens (including phenoxy) is 4. The molecule has 4 rings (SSSR count). The maximum atomic E-state index is 13.8. The zero-order valence-corrected chi connectivity index (χ0v) is 22.7. The van der Waals surface area contributed by atoms with Gasteiger partial charge in [-0.25, -0.2) is 9.79 Å². The monoisotopic (exact) mass is 542 g/mol. The van der Waals surface area contributed by atoms with E-state index >= 15 is 0 Å². The average molecular weight is 543 g/mol. The molecule has 3 aromatic rings. The molecule has 1 aliphatic rings. The number of carbonyl (C=O) groups is 1. The molecule has 0 fully saturated rings. The largest absolute Gasteiger partial charge is 0.497 e. The van der Waals surface area contributed by atoms with Gasteiger partial charge >= 0.3 is 5.97 Å². The van der Waals surface area contributed by atoms with Gasteiger partial charge in [-0.3, -0.25) is 9.36 Å². The van der Waals surface area contributed by atoms with E-state index in [0.717, 1.165) is 5.56 Å². The highest BCUT2D eigenvalue weighted by Crippen LogP contribution is 2.37. The Labute approximate surface area is 223 Å². The first-order valence-corrected chi connectivity index (χ1v) is 12.9. The minimum Gasteiger partial charge on any atom is -0.497 e. The molecule has 0 spiro atoms. The lowest BCUT2D eigenvalue weighted by Gasteiger charge is -2.26. The minimum absolute atomic E-state index is 0.181. The molecule has 2 heterocycles. The number of nitrogens with zero attached hydrogens (tertiary/aromatic N) is 2. The van der Waals surface area contributed by atoms with Crippen LogP contribution < -0.4 is 29.1 Å². The molecule has 194 valence electrons. The van der Waals surface area contributed by atoms with Crippen molar-refractivity contribution in [2.24, 2.45) is 4.99 Å². The summed E-state index contributed by atoms with van der Waals surface area (Å²) in [5.74, 6) is 1.07. The number of carbonyl (C=O) groups excluding carboxylic acids is 1. The van der Waals surface area contributed by atoms with Gasteiger partial charge in [0, 0.05) is 5.56 Å².